The number of halogens is 1. The third kappa shape index (κ3) is 7.46. The number of amides is 3. The van der Waals surface area contributed by atoms with Crippen molar-refractivity contribution in [3.8, 4) is 5.75 Å². The van der Waals surface area contributed by atoms with E-state index in [-0.39, 0.29) is 18.9 Å². The van der Waals surface area contributed by atoms with Gasteiger partial charge in [0.25, 0.3) is 5.91 Å². The van der Waals surface area contributed by atoms with Gasteiger partial charge in [0.1, 0.15) is 5.75 Å². The minimum Gasteiger partial charge on any atom is -0.483 e. The van der Waals surface area contributed by atoms with Crippen LogP contribution < -0.4 is 20.9 Å². The first-order chi connectivity index (χ1) is 13.7. The van der Waals surface area contributed by atoms with Crippen molar-refractivity contribution in [2.24, 2.45) is 0 Å². The Bertz CT molecular complexity index is 884. The van der Waals surface area contributed by atoms with Gasteiger partial charge in [-0.25, -0.2) is 0 Å². The van der Waals surface area contributed by atoms with Crippen LogP contribution in [0.5, 0.6) is 5.75 Å². The van der Waals surface area contributed by atoms with Crippen LogP contribution in [0.4, 0.5) is 0 Å². The van der Waals surface area contributed by atoms with Gasteiger partial charge in [-0.2, -0.15) is 0 Å². The summed E-state index contributed by atoms with van der Waals surface area (Å²) in [6, 6.07) is 12.1. The van der Waals surface area contributed by atoms with Crippen molar-refractivity contribution in [2.75, 3.05) is 6.61 Å². The third-order valence-corrected chi connectivity index (χ3v) is 4.32. The number of ether oxygens (including phenoxy) is 1. The predicted molar refractivity (Wildman–Crippen MR) is 110 cm³/mol. The molecule has 0 saturated carbocycles. The Morgan fingerprint density at radius 3 is 2.28 bits per heavy atom. The normalized spacial score (nSPS) is 11.3. The molecule has 154 valence electrons. The number of aryl methyl sites for hydroxylation is 2. The van der Waals surface area contributed by atoms with Crippen molar-refractivity contribution in [3.63, 3.8) is 0 Å². The number of hydrogen-bond donors (Lipinski definition) is 3. The number of hydrogen-bond acceptors (Lipinski definition) is 4. The van der Waals surface area contributed by atoms with E-state index in [0.29, 0.717) is 10.8 Å². The topological polar surface area (TPSA) is 96.5 Å². The fraction of sp³-hybridized carbons (Fsp3) is 0.286. The van der Waals surface area contributed by atoms with Crippen LogP contribution in [0.25, 0.3) is 0 Å². The van der Waals surface area contributed by atoms with Gasteiger partial charge in [0.05, 0.1) is 12.5 Å². The van der Waals surface area contributed by atoms with Crippen molar-refractivity contribution >= 4 is 29.3 Å². The van der Waals surface area contributed by atoms with Gasteiger partial charge in [-0.05, 0) is 43.2 Å². The Balaban J connectivity index is 1.85. The summed E-state index contributed by atoms with van der Waals surface area (Å²) in [6.45, 7) is 4.88. The second-order valence-corrected chi connectivity index (χ2v) is 7.10. The molecule has 0 heterocycles. The molecule has 0 aliphatic carbocycles. The molecule has 0 aromatic heterocycles. The summed E-state index contributed by atoms with van der Waals surface area (Å²) >= 11 is 5.88. The fourth-order valence-corrected chi connectivity index (χ4v) is 2.85. The third-order valence-electron chi connectivity index (χ3n) is 4.08. The molecule has 7 nitrogen and oxygen atoms in total. The highest BCUT2D eigenvalue weighted by Crippen LogP contribution is 2.21. The van der Waals surface area contributed by atoms with Crippen LogP contribution in [-0.4, -0.2) is 24.3 Å². The zero-order valence-corrected chi connectivity index (χ0v) is 17.3. The Labute approximate surface area is 174 Å². The molecule has 1 atom stereocenters. The minimum absolute atomic E-state index is 0.0277. The predicted octanol–water partition coefficient (Wildman–Crippen LogP) is 2.75. The highest BCUT2D eigenvalue weighted by atomic mass is 35.5. The number of nitrogens with one attached hydrogen (secondary N) is 3. The lowest BCUT2D eigenvalue weighted by molar-refractivity contribution is -0.130. The second kappa shape index (κ2) is 10.5. The Morgan fingerprint density at radius 1 is 1.00 bits per heavy atom. The van der Waals surface area contributed by atoms with Gasteiger partial charge < -0.3 is 10.1 Å². The number of carbonyl (C=O) groups is 3. The number of benzene rings is 2. The summed E-state index contributed by atoms with van der Waals surface area (Å²) in [5.41, 5.74) is 7.31. The van der Waals surface area contributed by atoms with Gasteiger partial charge in [-0.1, -0.05) is 41.4 Å². The SMILES string of the molecule is CC(=O)NC(CC(=O)NNC(=O)COc1ccc(Cl)cc1C)c1ccc(C)cc1. The van der Waals surface area contributed by atoms with Crippen LogP contribution in [0.2, 0.25) is 5.02 Å². The summed E-state index contributed by atoms with van der Waals surface area (Å²) in [4.78, 5) is 35.6. The monoisotopic (exact) mass is 417 g/mol. The van der Waals surface area contributed by atoms with E-state index < -0.39 is 17.9 Å². The first-order valence-electron chi connectivity index (χ1n) is 9.05. The lowest BCUT2D eigenvalue weighted by Gasteiger charge is -2.18. The maximum absolute atomic E-state index is 12.2. The second-order valence-electron chi connectivity index (χ2n) is 6.66. The summed E-state index contributed by atoms with van der Waals surface area (Å²) in [7, 11) is 0. The highest BCUT2D eigenvalue weighted by molar-refractivity contribution is 6.30. The molecule has 3 N–H and O–H groups in total. The molecule has 0 spiro atoms. The van der Waals surface area contributed by atoms with E-state index in [2.05, 4.69) is 16.2 Å². The van der Waals surface area contributed by atoms with E-state index in [9.17, 15) is 14.4 Å². The number of hydrazine groups is 1. The van der Waals surface area contributed by atoms with E-state index in [4.69, 9.17) is 16.3 Å². The molecular formula is C21H24ClN3O4. The van der Waals surface area contributed by atoms with Crippen molar-refractivity contribution < 1.29 is 19.1 Å². The standard InChI is InChI=1S/C21H24ClN3O4/c1-13-4-6-16(7-5-13)18(23-15(3)26)11-20(27)24-25-21(28)12-29-19-9-8-17(22)10-14(19)2/h4-10,18H,11-12H2,1-3H3,(H,23,26)(H,24,27)(H,25,28). The molecule has 2 aromatic rings. The average molecular weight is 418 g/mol. The van der Waals surface area contributed by atoms with E-state index in [1.165, 1.54) is 6.92 Å². The van der Waals surface area contributed by atoms with Gasteiger partial charge in [0.15, 0.2) is 6.61 Å². The van der Waals surface area contributed by atoms with Gasteiger partial charge in [-0.3, -0.25) is 25.2 Å². The van der Waals surface area contributed by atoms with E-state index in [1.54, 1.807) is 18.2 Å². The van der Waals surface area contributed by atoms with Gasteiger partial charge in [0.2, 0.25) is 11.8 Å². The molecule has 0 saturated heterocycles. The van der Waals surface area contributed by atoms with Crippen LogP contribution in [0.3, 0.4) is 0 Å². The molecule has 0 bridgehead atoms. The number of rotatable bonds is 7. The molecule has 2 rings (SSSR count). The summed E-state index contributed by atoms with van der Waals surface area (Å²) in [6.07, 6.45) is -0.0277. The Morgan fingerprint density at radius 2 is 1.66 bits per heavy atom. The zero-order valence-electron chi connectivity index (χ0n) is 16.5. The largest absolute Gasteiger partial charge is 0.483 e. The smallest absolute Gasteiger partial charge is 0.276 e. The van der Waals surface area contributed by atoms with Crippen molar-refractivity contribution in [3.05, 3.63) is 64.2 Å². The van der Waals surface area contributed by atoms with Crippen LogP contribution in [0.1, 0.15) is 36.1 Å². The summed E-state index contributed by atoms with van der Waals surface area (Å²) in [5.74, 6) is -0.681. The average Bonchev–Trinajstić information content (AvgIpc) is 2.65. The Kier molecular flexibility index (Phi) is 8.03. The molecule has 0 radical (unpaired) electrons. The lowest BCUT2D eigenvalue weighted by atomic mass is 10.0. The van der Waals surface area contributed by atoms with Crippen LogP contribution in [0.15, 0.2) is 42.5 Å². The highest BCUT2D eigenvalue weighted by Gasteiger charge is 2.17. The maximum Gasteiger partial charge on any atom is 0.276 e. The van der Waals surface area contributed by atoms with Crippen LogP contribution >= 0.6 is 11.6 Å². The quantitative estimate of drug-likeness (QED) is 0.603. The molecule has 0 fully saturated rings. The molecule has 8 heteroatoms. The van der Waals surface area contributed by atoms with Crippen molar-refractivity contribution in [1.29, 1.82) is 0 Å². The summed E-state index contributed by atoms with van der Waals surface area (Å²) < 4.78 is 5.42. The van der Waals surface area contributed by atoms with Crippen molar-refractivity contribution in [1.82, 2.24) is 16.2 Å². The van der Waals surface area contributed by atoms with Gasteiger partial charge in [-0.15, -0.1) is 0 Å². The van der Waals surface area contributed by atoms with Gasteiger partial charge >= 0.3 is 0 Å². The first-order valence-corrected chi connectivity index (χ1v) is 9.42. The van der Waals surface area contributed by atoms with Gasteiger partial charge in [0, 0.05) is 11.9 Å². The van der Waals surface area contributed by atoms with Crippen molar-refractivity contribution in [2.45, 2.75) is 33.2 Å². The molecule has 3 amide bonds. The first kappa shape index (κ1) is 22.2. The molecule has 0 aliphatic rings. The summed E-state index contributed by atoms with van der Waals surface area (Å²) in [5, 5.41) is 3.32. The number of carbonyl (C=O) groups excluding carboxylic acids is 3. The maximum atomic E-state index is 12.2. The molecule has 1 unspecified atom stereocenters. The van der Waals surface area contributed by atoms with E-state index in [1.807, 2.05) is 38.1 Å². The van der Waals surface area contributed by atoms with E-state index >= 15 is 0 Å². The molecule has 2 aromatic carbocycles. The zero-order chi connectivity index (χ0) is 21.4. The molecular weight excluding hydrogens is 394 g/mol. The van der Waals surface area contributed by atoms with Crippen LogP contribution in [-0.2, 0) is 14.4 Å². The molecule has 0 aliphatic heterocycles. The van der Waals surface area contributed by atoms with E-state index in [0.717, 1.165) is 16.7 Å². The minimum atomic E-state index is -0.515. The lowest BCUT2D eigenvalue weighted by Crippen LogP contribution is -2.45. The fourth-order valence-electron chi connectivity index (χ4n) is 2.63. The Hall–Kier alpha value is -3.06. The molecule has 29 heavy (non-hydrogen) atoms. The van der Waals surface area contributed by atoms with Crippen LogP contribution in [0, 0.1) is 13.8 Å².